The molecule has 0 heterocycles. The van der Waals surface area contributed by atoms with Crippen molar-refractivity contribution in [3.63, 3.8) is 0 Å². The number of nitrogens with two attached hydrogens (primary N) is 1. The number of carbonyl (C=O) groups excluding carboxylic acids is 2. The molecule has 0 unspecified atom stereocenters. The maximum absolute atomic E-state index is 10.5. The maximum Gasteiger partial charge on any atom is 0.253 e. The minimum Gasteiger partial charge on any atom is -0.322 e. The lowest BCUT2D eigenvalue weighted by Gasteiger charge is -2.06. The van der Waals surface area contributed by atoms with Gasteiger partial charge in [0.1, 0.15) is 0 Å². The van der Waals surface area contributed by atoms with Gasteiger partial charge in [0.15, 0.2) is 0 Å². The van der Waals surface area contributed by atoms with Crippen molar-refractivity contribution in [2.75, 3.05) is 6.54 Å². The van der Waals surface area contributed by atoms with Crippen LogP contribution in [0.1, 0.15) is 6.92 Å². The van der Waals surface area contributed by atoms with Crippen LogP contribution in [0.3, 0.4) is 0 Å². The molecule has 0 aromatic heterocycles. The van der Waals surface area contributed by atoms with E-state index in [0.29, 0.717) is 0 Å². The van der Waals surface area contributed by atoms with E-state index in [9.17, 15) is 9.59 Å². The molecule has 0 aromatic rings. The number of nitrogens with zero attached hydrogens (tertiary/aromatic N) is 1. The fourth-order valence-corrected chi connectivity index (χ4v) is 0.401. The lowest BCUT2D eigenvalue weighted by Crippen LogP contribution is -2.31. The molecule has 0 bridgehead atoms. The summed E-state index contributed by atoms with van der Waals surface area (Å²) in [5.74, 6) is -0.812. The molecule has 0 fully saturated rings. The minimum absolute atomic E-state index is 0.162. The van der Waals surface area contributed by atoms with Crippen molar-refractivity contribution in [1.82, 2.24) is 3.93 Å². The zero-order valence-corrected chi connectivity index (χ0v) is 6.51. The average molecular weight is 195 g/mol. The topological polar surface area (TPSA) is 63.4 Å². The summed E-state index contributed by atoms with van der Waals surface area (Å²) in [4.78, 5) is 20.8. The highest BCUT2D eigenvalue weighted by Gasteiger charge is 2.11. The molecule has 0 atom stereocenters. The first-order valence-corrected chi connectivity index (χ1v) is 3.00. The third-order valence-electron chi connectivity index (χ3n) is 0.670. The molecule has 0 saturated heterocycles. The van der Waals surface area contributed by atoms with Crippen LogP contribution in [0, 0.1) is 0 Å². The Kier molecular flexibility index (Phi) is 3.41. The monoisotopic (exact) mass is 194 g/mol. The van der Waals surface area contributed by atoms with Gasteiger partial charge in [-0.1, -0.05) is 0 Å². The van der Waals surface area contributed by atoms with Gasteiger partial charge >= 0.3 is 0 Å². The van der Waals surface area contributed by atoms with Crippen molar-refractivity contribution in [1.29, 1.82) is 0 Å². The second-order valence-corrected chi connectivity index (χ2v) is 2.11. The lowest BCUT2D eigenvalue weighted by molar-refractivity contribution is -0.135. The van der Waals surface area contributed by atoms with Crippen molar-refractivity contribution >= 4 is 28.0 Å². The summed E-state index contributed by atoms with van der Waals surface area (Å²) in [6, 6.07) is 0. The van der Waals surface area contributed by atoms with Gasteiger partial charge in [-0.15, -0.1) is 0 Å². The first-order valence-electron chi connectivity index (χ1n) is 2.29. The molecule has 2 N–H and O–H groups in total. The van der Waals surface area contributed by atoms with E-state index in [1.165, 1.54) is 6.92 Å². The SMILES string of the molecule is CC(=O)N(Br)C(=O)CN. The minimum atomic E-state index is -0.442. The molecule has 0 rings (SSSR count). The molecule has 0 aliphatic heterocycles. The number of amides is 2. The van der Waals surface area contributed by atoms with Gasteiger partial charge in [-0.2, -0.15) is 0 Å². The molecular formula is C4H7BrN2O2. The van der Waals surface area contributed by atoms with Crippen molar-refractivity contribution in [3.8, 4) is 0 Å². The Morgan fingerprint density at radius 1 is 1.67 bits per heavy atom. The quantitative estimate of drug-likeness (QED) is 0.580. The first-order chi connectivity index (χ1) is 4.09. The van der Waals surface area contributed by atoms with E-state index in [4.69, 9.17) is 5.73 Å². The second kappa shape index (κ2) is 3.58. The summed E-state index contributed by atoms with van der Waals surface area (Å²) in [5, 5.41) is 0. The molecule has 0 saturated carbocycles. The molecule has 0 aromatic carbocycles. The molecule has 0 radical (unpaired) electrons. The Morgan fingerprint density at radius 3 is 2.22 bits per heavy atom. The summed E-state index contributed by atoms with van der Waals surface area (Å²) in [5.41, 5.74) is 4.94. The summed E-state index contributed by atoms with van der Waals surface area (Å²) in [7, 11) is 0. The van der Waals surface area contributed by atoms with E-state index < -0.39 is 5.91 Å². The molecule has 52 valence electrons. The van der Waals surface area contributed by atoms with Crippen LogP contribution in [0.4, 0.5) is 0 Å². The van der Waals surface area contributed by atoms with E-state index >= 15 is 0 Å². The van der Waals surface area contributed by atoms with E-state index in [0.717, 1.165) is 3.93 Å². The van der Waals surface area contributed by atoms with Crippen molar-refractivity contribution < 1.29 is 9.59 Å². The van der Waals surface area contributed by atoms with Gasteiger partial charge < -0.3 is 5.73 Å². The second-order valence-electron chi connectivity index (χ2n) is 1.40. The summed E-state index contributed by atoms with van der Waals surface area (Å²) in [6.07, 6.45) is 0. The number of hydrogen-bond donors (Lipinski definition) is 1. The highest BCUT2D eigenvalue weighted by Crippen LogP contribution is 1.96. The maximum atomic E-state index is 10.5. The Hall–Kier alpha value is -0.420. The Balaban J connectivity index is 3.88. The van der Waals surface area contributed by atoms with Gasteiger partial charge in [0.05, 0.1) is 22.7 Å². The summed E-state index contributed by atoms with van der Waals surface area (Å²) >= 11 is 2.72. The van der Waals surface area contributed by atoms with E-state index in [1.807, 2.05) is 0 Å². The van der Waals surface area contributed by atoms with E-state index in [-0.39, 0.29) is 12.5 Å². The third-order valence-corrected chi connectivity index (χ3v) is 1.57. The Bertz CT molecular complexity index is 137. The first kappa shape index (κ1) is 8.58. The molecule has 9 heavy (non-hydrogen) atoms. The third kappa shape index (κ3) is 2.57. The highest BCUT2D eigenvalue weighted by atomic mass is 79.9. The number of halogens is 1. The van der Waals surface area contributed by atoms with Gasteiger partial charge in [0.2, 0.25) is 5.91 Å². The largest absolute Gasteiger partial charge is 0.322 e. The Labute approximate surface area is 61.3 Å². The standard InChI is InChI=1S/C4H7BrN2O2/c1-3(8)7(5)4(9)2-6/h2,6H2,1H3. The fraction of sp³-hybridized carbons (Fsp3) is 0.500. The van der Waals surface area contributed by atoms with Crippen LogP contribution >= 0.6 is 16.1 Å². The number of imide groups is 1. The van der Waals surface area contributed by atoms with Crippen LogP contribution in [0.15, 0.2) is 0 Å². The van der Waals surface area contributed by atoms with Gasteiger partial charge in [-0.05, 0) is 0 Å². The number of hydrogen-bond acceptors (Lipinski definition) is 3. The lowest BCUT2D eigenvalue weighted by atomic mass is 10.6. The van der Waals surface area contributed by atoms with Gasteiger partial charge in [-0.3, -0.25) is 9.59 Å². The van der Waals surface area contributed by atoms with E-state index in [2.05, 4.69) is 16.1 Å². The van der Waals surface area contributed by atoms with Crippen molar-refractivity contribution in [2.24, 2.45) is 5.73 Å². The summed E-state index contributed by atoms with van der Waals surface area (Å²) in [6.45, 7) is 1.10. The predicted molar refractivity (Wildman–Crippen MR) is 35.5 cm³/mol. The molecular weight excluding hydrogens is 188 g/mol. The van der Waals surface area contributed by atoms with Crippen LogP contribution in [-0.2, 0) is 9.59 Å². The molecule has 2 amide bonds. The molecule has 0 spiro atoms. The average Bonchev–Trinajstić information content (AvgIpc) is 1.84. The number of rotatable bonds is 1. The van der Waals surface area contributed by atoms with Gasteiger partial charge in [0.25, 0.3) is 5.91 Å². The predicted octanol–water partition coefficient (Wildman–Crippen LogP) is -0.370. The summed E-state index contributed by atoms with van der Waals surface area (Å²) < 4.78 is 0.799. The molecule has 0 aliphatic carbocycles. The van der Waals surface area contributed by atoms with Crippen molar-refractivity contribution in [2.45, 2.75) is 6.92 Å². The Morgan fingerprint density at radius 2 is 2.11 bits per heavy atom. The molecule has 4 nitrogen and oxygen atoms in total. The van der Waals surface area contributed by atoms with Crippen LogP contribution in [0.5, 0.6) is 0 Å². The zero-order valence-electron chi connectivity index (χ0n) is 4.93. The molecule has 0 aliphatic rings. The van der Waals surface area contributed by atoms with Crippen LogP contribution in [-0.4, -0.2) is 22.3 Å². The highest BCUT2D eigenvalue weighted by molar-refractivity contribution is 9.08. The van der Waals surface area contributed by atoms with Crippen LogP contribution in [0.25, 0.3) is 0 Å². The van der Waals surface area contributed by atoms with Crippen molar-refractivity contribution in [3.05, 3.63) is 0 Å². The smallest absolute Gasteiger partial charge is 0.253 e. The zero-order chi connectivity index (χ0) is 7.44. The van der Waals surface area contributed by atoms with Gasteiger partial charge in [-0.25, -0.2) is 3.93 Å². The van der Waals surface area contributed by atoms with Gasteiger partial charge in [0, 0.05) is 6.92 Å². The van der Waals surface area contributed by atoms with E-state index in [1.54, 1.807) is 0 Å². The van der Waals surface area contributed by atoms with Crippen LogP contribution in [0.2, 0.25) is 0 Å². The normalized spacial score (nSPS) is 8.78. The van der Waals surface area contributed by atoms with Crippen LogP contribution < -0.4 is 5.73 Å². The number of carbonyl (C=O) groups is 2. The fourth-order valence-electron chi connectivity index (χ4n) is 0.256. The molecule has 5 heteroatoms.